The number of phenolic OH excluding ortho intramolecular Hbond substituents is 1. The van der Waals surface area contributed by atoms with Gasteiger partial charge in [-0.15, -0.1) is 0 Å². The van der Waals surface area contributed by atoms with Crippen molar-refractivity contribution >= 4 is 0 Å². The number of halogens is 2. The number of aromatic hydroxyl groups is 1. The first-order valence-electron chi connectivity index (χ1n) is 6.45. The van der Waals surface area contributed by atoms with Crippen LogP contribution in [-0.2, 0) is 6.54 Å². The summed E-state index contributed by atoms with van der Waals surface area (Å²) in [5, 5.41) is 13.0. The number of hydrogen-bond donors (Lipinski definition) is 2. The van der Waals surface area contributed by atoms with E-state index in [1.807, 2.05) is 19.1 Å². The molecule has 0 saturated carbocycles. The zero-order valence-corrected chi connectivity index (χ0v) is 11.5. The summed E-state index contributed by atoms with van der Waals surface area (Å²) in [5.41, 5.74) is 1.79. The maximum absolute atomic E-state index is 13.6. The van der Waals surface area contributed by atoms with Crippen molar-refractivity contribution in [1.29, 1.82) is 0 Å². The Hall–Kier alpha value is -1.94. The monoisotopic (exact) mass is 277 g/mol. The Bertz CT molecular complexity index is 613. The highest BCUT2D eigenvalue weighted by Gasteiger charge is 2.12. The predicted octanol–water partition coefficient (Wildman–Crippen LogP) is 3.83. The SMILES string of the molecule is Cc1cccc(CNC(C)c2cc(F)ccc2F)c1O. The quantitative estimate of drug-likeness (QED) is 0.890. The maximum Gasteiger partial charge on any atom is 0.128 e. The van der Waals surface area contributed by atoms with Gasteiger partial charge in [0.15, 0.2) is 0 Å². The second-order valence-corrected chi connectivity index (χ2v) is 4.85. The van der Waals surface area contributed by atoms with E-state index in [9.17, 15) is 13.9 Å². The van der Waals surface area contributed by atoms with Crippen LogP contribution in [0.2, 0.25) is 0 Å². The standard InChI is InChI=1S/C16H17F2NO/c1-10-4-3-5-12(16(10)20)9-19-11(2)14-8-13(17)6-7-15(14)18/h3-8,11,19-20H,9H2,1-2H3. The Kier molecular flexibility index (Phi) is 4.35. The van der Waals surface area contributed by atoms with Gasteiger partial charge in [0.2, 0.25) is 0 Å². The van der Waals surface area contributed by atoms with Crippen molar-refractivity contribution < 1.29 is 13.9 Å². The highest BCUT2D eigenvalue weighted by molar-refractivity contribution is 5.39. The molecule has 0 radical (unpaired) electrons. The lowest BCUT2D eigenvalue weighted by atomic mass is 10.1. The van der Waals surface area contributed by atoms with Crippen LogP contribution >= 0.6 is 0 Å². The molecular weight excluding hydrogens is 260 g/mol. The van der Waals surface area contributed by atoms with Crippen molar-refractivity contribution in [2.45, 2.75) is 26.4 Å². The van der Waals surface area contributed by atoms with Gasteiger partial charge in [-0.3, -0.25) is 0 Å². The summed E-state index contributed by atoms with van der Waals surface area (Å²) in [5.74, 6) is -0.680. The first-order chi connectivity index (χ1) is 9.49. The van der Waals surface area contributed by atoms with E-state index in [0.29, 0.717) is 6.54 Å². The van der Waals surface area contributed by atoms with E-state index >= 15 is 0 Å². The third-order valence-corrected chi connectivity index (χ3v) is 3.34. The summed E-state index contributed by atoms with van der Waals surface area (Å²) in [4.78, 5) is 0. The van der Waals surface area contributed by atoms with Crippen molar-refractivity contribution in [2.75, 3.05) is 0 Å². The molecule has 0 aromatic heterocycles. The maximum atomic E-state index is 13.6. The molecule has 2 rings (SSSR count). The molecule has 1 unspecified atom stereocenters. The Morgan fingerprint density at radius 1 is 1.20 bits per heavy atom. The van der Waals surface area contributed by atoms with Crippen LogP contribution in [0, 0.1) is 18.6 Å². The molecule has 2 nitrogen and oxygen atoms in total. The molecule has 106 valence electrons. The van der Waals surface area contributed by atoms with E-state index in [1.165, 1.54) is 6.07 Å². The van der Waals surface area contributed by atoms with Crippen molar-refractivity contribution in [3.8, 4) is 5.75 Å². The fourth-order valence-electron chi connectivity index (χ4n) is 2.08. The molecule has 0 spiro atoms. The topological polar surface area (TPSA) is 32.3 Å². The number of hydrogen-bond acceptors (Lipinski definition) is 2. The number of phenols is 1. The predicted molar refractivity (Wildman–Crippen MR) is 74.5 cm³/mol. The highest BCUT2D eigenvalue weighted by Crippen LogP contribution is 2.23. The fourth-order valence-corrected chi connectivity index (χ4v) is 2.08. The molecule has 2 N–H and O–H groups in total. The van der Waals surface area contributed by atoms with Gasteiger partial charge in [-0.25, -0.2) is 8.78 Å². The first-order valence-corrected chi connectivity index (χ1v) is 6.45. The van der Waals surface area contributed by atoms with Crippen LogP contribution in [0.1, 0.15) is 29.7 Å². The second kappa shape index (κ2) is 6.01. The first kappa shape index (κ1) is 14.5. The van der Waals surface area contributed by atoms with E-state index in [2.05, 4.69) is 5.32 Å². The van der Waals surface area contributed by atoms with E-state index in [4.69, 9.17) is 0 Å². The fraction of sp³-hybridized carbons (Fsp3) is 0.250. The van der Waals surface area contributed by atoms with E-state index in [-0.39, 0.29) is 17.4 Å². The molecule has 2 aromatic rings. The van der Waals surface area contributed by atoms with Crippen LogP contribution in [0.4, 0.5) is 8.78 Å². The molecule has 0 saturated heterocycles. The van der Waals surface area contributed by atoms with Gasteiger partial charge in [0.25, 0.3) is 0 Å². The van der Waals surface area contributed by atoms with Gasteiger partial charge in [0.1, 0.15) is 17.4 Å². The zero-order valence-electron chi connectivity index (χ0n) is 11.5. The number of para-hydroxylation sites is 1. The Morgan fingerprint density at radius 3 is 2.70 bits per heavy atom. The van der Waals surface area contributed by atoms with Gasteiger partial charge in [-0.05, 0) is 37.6 Å². The van der Waals surface area contributed by atoms with Gasteiger partial charge in [-0.1, -0.05) is 18.2 Å². The molecular formula is C16H17F2NO. The minimum absolute atomic E-state index is 0.229. The number of rotatable bonds is 4. The molecule has 0 bridgehead atoms. The van der Waals surface area contributed by atoms with Crippen LogP contribution in [0.3, 0.4) is 0 Å². The third kappa shape index (κ3) is 3.14. The molecule has 2 aromatic carbocycles. The molecule has 0 fully saturated rings. The van der Waals surface area contributed by atoms with Crippen LogP contribution in [0.5, 0.6) is 5.75 Å². The van der Waals surface area contributed by atoms with Gasteiger partial charge in [-0.2, -0.15) is 0 Å². The molecule has 4 heteroatoms. The summed E-state index contributed by atoms with van der Waals surface area (Å²) in [7, 11) is 0. The van der Waals surface area contributed by atoms with Crippen LogP contribution in [-0.4, -0.2) is 5.11 Å². The minimum atomic E-state index is -0.464. The van der Waals surface area contributed by atoms with Crippen molar-refractivity contribution in [2.24, 2.45) is 0 Å². The van der Waals surface area contributed by atoms with E-state index in [1.54, 1.807) is 13.0 Å². The van der Waals surface area contributed by atoms with Crippen molar-refractivity contribution in [1.82, 2.24) is 5.32 Å². The minimum Gasteiger partial charge on any atom is -0.507 e. The van der Waals surface area contributed by atoms with Crippen molar-refractivity contribution in [3.63, 3.8) is 0 Å². The average molecular weight is 277 g/mol. The lowest BCUT2D eigenvalue weighted by molar-refractivity contribution is 0.454. The number of nitrogens with one attached hydrogen (secondary N) is 1. The number of benzene rings is 2. The molecule has 20 heavy (non-hydrogen) atoms. The molecule has 0 aliphatic carbocycles. The Morgan fingerprint density at radius 2 is 1.95 bits per heavy atom. The van der Waals surface area contributed by atoms with Gasteiger partial charge >= 0.3 is 0 Å². The molecule has 1 atom stereocenters. The Labute approximate surface area is 117 Å². The zero-order chi connectivity index (χ0) is 14.7. The summed E-state index contributed by atoms with van der Waals surface area (Å²) in [6.45, 7) is 3.95. The molecule has 0 aliphatic rings. The third-order valence-electron chi connectivity index (χ3n) is 3.34. The smallest absolute Gasteiger partial charge is 0.128 e. The summed E-state index contributed by atoms with van der Waals surface area (Å²) in [6.07, 6.45) is 0. The number of aryl methyl sites for hydroxylation is 1. The molecule has 0 amide bonds. The van der Waals surface area contributed by atoms with Crippen LogP contribution in [0.15, 0.2) is 36.4 Å². The molecule has 0 heterocycles. The second-order valence-electron chi connectivity index (χ2n) is 4.85. The van der Waals surface area contributed by atoms with E-state index in [0.717, 1.165) is 23.3 Å². The van der Waals surface area contributed by atoms with Crippen LogP contribution < -0.4 is 5.32 Å². The molecule has 0 aliphatic heterocycles. The largest absolute Gasteiger partial charge is 0.507 e. The lowest BCUT2D eigenvalue weighted by Gasteiger charge is -2.16. The summed E-state index contributed by atoms with van der Waals surface area (Å²) >= 11 is 0. The Balaban J connectivity index is 2.10. The van der Waals surface area contributed by atoms with Crippen molar-refractivity contribution in [3.05, 3.63) is 64.7 Å². The lowest BCUT2D eigenvalue weighted by Crippen LogP contribution is -2.19. The van der Waals surface area contributed by atoms with Gasteiger partial charge < -0.3 is 10.4 Å². The van der Waals surface area contributed by atoms with Gasteiger partial charge in [0.05, 0.1) is 0 Å². The average Bonchev–Trinajstić information content (AvgIpc) is 2.43. The normalized spacial score (nSPS) is 12.4. The van der Waals surface area contributed by atoms with Crippen LogP contribution in [0.25, 0.3) is 0 Å². The van der Waals surface area contributed by atoms with E-state index < -0.39 is 11.6 Å². The highest BCUT2D eigenvalue weighted by atomic mass is 19.1. The summed E-state index contributed by atoms with van der Waals surface area (Å²) < 4.78 is 26.8. The van der Waals surface area contributed by atoms with Gasteiger partial charge in [0, 0.05) is 23.7 Å². The summed E-state index contributed by atoms with van der Waals surface area (Å²) in [6, 6.07) is 8.50.